The molecule has 0 amide bonds. The van der Waals surface area contributed by atoms with Crippen LogP contribution in [0.4, 0.5) is 0 Å². The molecule has 1 N–H and O–H groups in total. The minimum absolute atomic E-state index is 0.147. The molecule has 0 saturated carbocycles. The zero-order valence-electron chi connectivity index (χ0n) is 12.4. The van der Waals surface area contributed by atoms with Crippen LogP contribution in [0.25, 0.3) is 0 Å². The van der Waals surface area contributed by atoms with Gasteiger partial charge < -0.3 is 19.6 Å². The highest BCUT2D eigenvalue weighted by atomic mass is 16.5. The molecule has 2 aliphatic heterocycles. The van der Waals surface area contributed by atoms with E-state index in [0.29, 0.717) is 12.7 Å². The zero-order valence-corrected chi connectivity index (χ0v) is 12.4. The number of piperidine rings is 2. The van der Waals surface area contributed by atoms with Gasteiger partial charge in [0.05, 0.1) is 19.3 Å². The molecule has 0 aromatic rings. The fourth-order valence-corrected chi connectivity index (χ4v) is 3.36. The molecule has 2 fully saturated rings. The molecule has 2 saturated heterocycles. The average Bonchev–Trinajstić information content (AvgIpc) is 2.45. The first-order chi connectivity index (χ1) is 9.29. The van der Waals surface area contributed by atoms with Crippen molar-refractivity contribution in [3.63, 3.8) is 0 Å². The highest BCUT2D eigenvalue weighted by Crippen LogP contribution is 2.19. The van der Waals surface area contributed by atoms with Gasteiger partial charge in [-0.05, 0) is 52.2 Å². The van der Waals surface area contributed by atoms with Crippen LogP contribution >= 0.6 is 0 Å². The Balaban J connectivity index is 1.60. The van der Waals surface area contributed by atoms with E-state index >= 15 is 0 Å². The van der Waals surface area contributed by atoms with Crippen LogP contribution in [0.3, 0.4) is 0 Å². The lowest BCUT2D eigenvalue weighted by atomic mass is 9.99. The number of rotatable bonds is 6. The van der Waals surface area contributed by atoms with Gasteiger partial charge in [0.25, 0.3) is 0 Å². The Kier molecular flexibility index (Phi) is 6.57. The molecule has 2 heterocycles. The van der Waals surface area contributed by atoms with Crippen LogP contribution in [0.2, 0.25) is 0 Å². The quantitative estimate of drug-likeness (QED) is 0.790. The fourth-order valence-electron chi connectivity index (χ4n) is 3.36. The number of aliphatic hydroxyl groups excluding tert-OH is 1. The molecule has 2 rings (SSSR count). The van der Waals surface area contributed by atoms with Gasteiger partial charge in [-0.15, -0.1) is 0 Å². The molecule has 1 atom stereocenters. The van der Waals surface area contributed by atoms with E-state index in [-0.39, 0.29) is 6.61 Å². The second kappa shape index (κ2) is 8.20. The van der Waals surface area contributed by atoms with Gasteiger partial charge in [-0.2, -0.15) is 0 Å². The fraction of sp³-hybridized carbons (Fsp3) is 1.00. The molecule has 0 radical (unpaired) electrons. The van der Waals surface area contributed by atoms with Crippen LogP contribution in [0.15, 0.2) is 0 Å². The molecule has 0 bridgehead atoms. The lowest BCUT2D eigenvalue weighted by Gasteiger charge is -2.36. The minimum atomic E-state index is 0.147. The number of aliphatic hydroxyl groups is 1. The summed E-state index contributed by atoms with van der Waals surface area (Å²) in [5.74, 6) is 0. The van der Waals surface area contributed by atoms with Crippen LogP contribution in [-0.4, -0.2) is 73.5 Å². The summed E-state index contributed by atoms with van der Waals surface area (Å²) >= 11 is 0. The molecule has 1 unspecified atom stereocenters. The van der Waals surface area contributed by atoms with E-state index in [2.05, 4.69) is 16.8 Å². The minimum Gasteiger partial charge on any atom is -0.394 e. The summed E-state index contributed by atoms with van der Waals surface area (Å²) in [5.41, 5.74) is 0. The molecule has 0 aliphatic carbocycles. The van der Waals surface area contributed by atoms with Gasteiger partial charge in [0.2, 0.25) is 0 Å². The molecule has 19 heavy (non-hydrogen) atoms. The molecule has 0 spiro atoms. The largest absolute Gasteiger partial charge is 0.394 e. The highest BCUT2D eigenvalue weighted by Gasteiger charge is 2.22. The van der Waals surface area contributed by atoms with Crippen molar-refractivity contribution >= 4 is 0 Å². The van der Waals surface area contributed by atoms with Gasteiger partial charge in [-0.25, -0.2) is 0 Å². The van der Waals surface area contributed by atoms with Crippen LogP contribution < -0.4 is 0 Å². The molecule has 0 aromatic heterocycles. The number of hydrogen-bond acceptors (Lipinski definition) is 4. The number of nitrogens with zero attached hydrogens (tertiary/aromatic N) is 2. The summed E-state index contributed by atoms with van der Waals surface area (Å²) in [4.78, 5) is 5.13. The summed E-state index contributed by atoms with van der Waals surface area (Å²) in [6.07, 6.45) is 8.11. The predicted molar refractivity (Wildman–Crippen MR) is 77.4 cm³/mol. The molecule has 4 heteroatoms. The first-order valence-electron chi connectivity index (χ1n) is 7.94. The Labute approximate surface area is 117 Å². The Morgan fingerprint density at radius 1 is 1.11 bits per heavy atom. The lowest BCUT2D eigenvalue weighted by Crippen LogP contribution is -2.42. The van der Waals surface area contributed by atoms with E-state index in [1.54, 1.807) is 0 Å². The van der Waals surface area contributed by atoms with Gasteiger partial charge in [0, 0.05) is 19.1 Å². The summed E-state index contributed by atoms with van der Waals surface area (Å²) in [6.45, 7) is 5.48. The smallest absolute Gasteiger partial charge is 0.0701 e. The maximum absolute atomic E-state index is 8.76. The summed E-state index contributed by atoms with van der Waals surface area (Å²) < 4.78 is 5.61. The maximum Gasteiger partial charge on any atom is 0.0701 e. The van der Waals surface area contributed by atoms with Crippen molar-refractivity contribution in [1.29, 1.82) is 0 Å². The standard InChI is InChI=1S/C15H30N2O2/c1-16-8-3-2-4-14(16)5-9-17-10-6-15(7-11-17)19-13-12-18/h14-15,18H,2-13H2,1H3. The van der Waals surface area contributed by atoms with Gasteiger partial charge in [-0.1, -0.05) is 6.42 Å². The second-order valence-electron chi connectivity index (χ2n) is 6.05. The van der Waals surface area contributed by atoms with Crippen molar-refractivity contribution in [2.45, 2.75) is 50.7 Å². The van der Waals surface area contributed by atoms with Crippen molar-refractivity contribution in [2.24, 2.45) is 0 Å². The summed E-state index contributed by atoms with van der Waals surface area (Å²) in [6, 6.07) is 0.803. The summed E-state index contributed by atoms with van der Waals surface area (Å²) in [7, 11) is 2.28. The average molecular weight is 270 g/mol. The highest BCUT2D eigenvalue weighted by molar-refractivity contribution is 4.78. The first-order valence-corrected chi connectivity index (χ1v) is 7.94. The maximum atomic E-state index is 8.76. The number of likely N-dealkylation sites (tertiary alicyclic amines) is 2. The van der Waals surface area contributed by atoms with E-state index < -0.39 is 0 Å². The van der Waals surface area contributed by atoms with Crippen molar-refractivity contribution in [3.8, 4) is 0 Å². The van der Waals surface area contributed by atoms with Crippen LogP contribution in [0, 0.1) is 0 Å². The van der Waals surface area contributed by atoms with E-state index in [9.17, 15) is 0 Å². The third-order valence-corrected chi connectivity index (χ3v) is 4.68. The Bertz CT molecular complexity index is 242. The second-order valence-corrected chi connectivity index (χ2v) is 6.05. The van der Waals surface area contributed by atoms with Crippen LogP contribution in [0.1, 0.15) is 38.5 Å². The molecule has 112 valence electrons. The molecular formula is C15H30N2O2. The van der Waals surface area contributed by atoms with E-state index in [0.717, 1.165) is 32.0 Å². The van der Waals surface area contributed by atoms with E-state index in [4.69, 9.17) is 9.84 Å². The Morgan fingerprint density at radius 2 is 1.89 bits per heavy atom. The van der Waals surface area contributed by atoms with Crippen LogP contribution in [0.5, 0.6) is 0 Å². The van der Waals surface area contributed by atoms with Crippen molar-refractivity contribution in [3.05, 3.63) is 0 Å². The topological polar surface area (TPSA) is 35.9 Å². The summed E-state index contributed by atoms with van der Waals surface area (Å²) in [5, 5.41) is 8.76. The SMILES string of the molecule is CN1CCCCC1CCN1CCC(OCCO)CC1. The van der Waals surface area contributed by atoms with Crippen molar-refractivity contribution in [2.75, 3.05) is 46.4 Å². The van der Waals surface area contributed by atoms with Crippen LogP contribution in [-0.2, 0) is 4.74 Å². The van der Waals surface area contributed by atoms with Gasteiger partial charge in [0.15, 0.2) is 0 Å². The predicted octanol–water partition coefficient (Wildman–Crippen LogP) is 1.33. The normalized spacial score (nSPS) is 27.8. The molecular weight excluding hydrogens is 240 g/mol. The third-order valence-electron chi connectivity index (χ3n) is 4.68. The third kappa shape index (κ3) is 5.03. The zero-order chi connectivity index (χ0) is 13.5. The van der Waals surface area contributed by atoms with Gasteiger partial charge >= 0.3 is 0 Å². The number of hydrogen-bond donors (Lipinski definition) is 1. The monoisotopic (exact) mass is 270 g/mol. The lowest BCUT2D eigenvalue weighted by molar-refractivity contribution is -0.00904. The molecule has 0 aromatic carbocycles. The molecule has 4 nitrogen and oxygen atoms in total. The van der Waals surface area contributed by atoms with Gasteiger partial charge in [0.1, 0.15) is 0 Å². The van der Waals surface area contributed by atoms with Gasteiger partial charge in [-0.3, -0.25) is 0 Å². The number of ether oxygens (including phenoxy) is 1. The van der Waals surface area contributed by atoms with Crippen molar-refractivity contribution < 1.29 is 9.84 Å². The Hall–Kier alpha value is -0.160. The first kappa shape index (κ1) is 15.2. The van der Waals surface area contributed by atoms with E-state index in [1.807, 2.05) is 0 Å². The molecule has 2 aliphatic rings. The van der Waals surface area contributed by atoms with Crippen molar-refractivity contribution in [1.82, 2.24) is 9.80 Å². The Morgan fingerprint density at radius 3 is 2.58 bits per heavy atom. The van der Waals surface area contributed by atoms with E-state index in [1.165, 1.54) is 38.8 Å².